The molecule has 20 heavy (non-hydrogen) atoms. The Morgan fingerprint density at radius 1 is 1.10 bits per heavy atom. The number of aromatic nitrogens is 2. The summed E-state index contributed by atoms with van der Waals surface area (Å²) in [4.78, 5) is 4.58. The minimum atomic E-state index is 0.244. The van der Waals surface area contributed by atoms with Gasteiger partial charge < -0.3 is 9.84 Å². The van der Waals surface area contributed by atoms with Crippen LogP contribution >= 0.6 is 0 Å². The Labute approximate surface area is 118 Å². The van der Waals surface area contributed by atoms with Crippen molar-refractivity contribution in [3.05, 3.63) is 36.2 Å². The summed E-state index contributed by atoms with van der Waals surface area (Å²) < 4.78 is 5.49. The van der Waals surface area contributed by atoms with Gasteiger partial charge in [-0.05, 0) is 25.2 Å². The van der Waals surface area contributed by atoms with Gasteiger partial charge in [0, 0.05) is 11.6 Å². The lowest BCUT2D eigenvalue weighted by atomic mass is 9.85. The normalized spacial score (nSPS) is 29.3. The van der Waals surface area contributed by atoms with Crippen LogP contribution in [0.2, 0.25) is 0 Å². The minimum absolute atomic E-state index is 0.244. The highest BCUT2D eigenvalue weighted by molar-refractivity contribution is 5.53. The van der Waals surface area contributed by atoms with E-state index in [9.17, 15) is 0 Å². The van der Waals surface area contributed by atoms with Gasteiger partial charge in [0.1, 0.15) is 0 Å². The highest BCUT2D eigenvalue weighted by Gasteiger charge is 2.38. The van der Waals surface area contributed by atoms with Crippen LogP contribution in [0, 0.1) is 5.92 Å². The molecule has 4 heteroatoms. The van der Waals surface area contributed by atoms with Crippen LogP contribution in [0.15, 0.2) is 34.9 Å². The molecule has 1 aromatic carbocycles. The lowest BCUT2D eigenvalue weighted by Gasteiger charge is -2.24. The SMILES string of the molecule is c1ccc(-c2noc(C3CC4CCCCC4N3)n2)cc1. The average molecular weight is 269 g/mol. The summed E-state index contributed by atoms with van der Waals surface area (Å²) in [6, 6.07) is 10.9. The molecular weight excluding hydrogens is 250 g/mol. The molecule has 4 nitrogen and oxygen atoms in total. The molecule has 2 fully saturated rings. The number of hydrogen-bond acceptors (Lipinski definition) is 4. The Morgan fingerprint density at radius 3 is 2.80 bits per heavy atom. The van der Waals surface area contributed by atoms with Crippen molar-refractivity contribution in [1.82, 2.24) is 15.5 Å². The van der Waals surface area contributed by atoms with Crippen LogP contribution in [0.1, 0.15) is 44.0 Å². The van der Waals surface area contributed by atoms with E-state index >= 15 is 0 Å². The van der Waals surface area contributed by atoms with E-state index in [-0.39, 0.29) is 6.04 Å². The van der Waals surface area contributed by atoms with Crippen molar-refractivity contribution in [3.63, 3.8) is 0 Å². The standard InChI is InChI=1S/C16H19N3O/c1-2-6-11(7-3-1)15-18-16(20-19-15)14-10-12-8-4-5-9-13(12)17-14/h1-3,6-7,12-14,17H,4-5,8-10H2. The van der Waals surface area contributed by atoms with E-state index in [1.165, 1.54) is 25.7 Å². The lowest BCUT2D eigenvalue weighted by Crippen LogP contribution is -2.30. The van der Waals surface area contributed by atoms with Gasteiger partial charge in [-0.25, -0.2) is 0 Å². The van der Waals surface area contributed by atoms with Crippen molar-refractivity contribution in [2.24, 2.45) is 5.92 Å². The molecule has 3 atom stereocenters. The van der Waals surface area contributed by atoms with Gasteiger partial charge >= 0.3 is 0 Å². The Bertz CT molecular complexity index is 566. The molecule has 2 aromatic rings. The van der Waals surface area contributed by atoms with Gasteiger partial charge in [0.2, 0.25) is 11.7 Å². The van der Waals surface area contributed by atoms with Crippen molar-refractivity contribution in [3.8, 4) is 11.4 Å². The van der Waals surface area contributed by atoms with Crippen LogP contribution in [0.3, 0.4) is 0 Å². The number of hydrogen-bond donors (Lipinski definition) is 1. The first kappa shape index (κ1) is 12.1. The van der Waals surface area contributed by atoms with Crippen LogP contribution < -0.4 is 5.32 Å². The highest BCUT2D eigenvalue weighted by Crippen LogP contribution is 2.38. The third-order valence-electron chi connectivity index (χ3n) is 4.63. The van der Waals surface area contributed by atoms with Gasteiger partial charge in [-0.15, -0.1) is 0 Å². The molecule has 1 N–H and O–H groups in total. The molecule has 0 spiro atoms. The van der Waals surface area contributed by atoms with E-state index in [0.717, 1.165) is 23.8 Å². The minimum Gasteiger partial charge on any atom is -0.337 e. The average Bonchev–Trinajstić information content (AvgIpc) is 3.14. The van der Waals surface area contributed by atoms with Gasteiger partial charge in [-0.3, -0.25) is 0 Å². The molecule has 2 aliphatic rings. The Kier molecular flexibility index (Phi) is 3.03. The molecule has 4 rings (SSSR count). The van der Waals surface area contributed by atoms with Crippen molar-refractivity contribution in [2.45, 2.75) is 44.2 Å². The number of nitrogens with one attached hydrogen (secondary N) is 1. The molecule has 3 unspecified atom stereocenters. The van der Waals surface area contributed by atoms with Crippen molar-refractivity contribution in [1.29, 1.82) is 0 Å². The van der Waals surface area contributed by atoms with Crippen LogP contribution in [0.25, 0.3) is 11.4 Å². The molecule has 0 bridgehead atoms. The largest absolute Gasteiger partial charge is 0.337 e. The second-order valence-corrected chi connectivity index (χ2v) is 5.93. The fourth-order valence-corrected chi connectivity index (χ4v) is 3.59. The number of nitrogens with zero attached hydrogens (tertiary/aromatic N) is 2. The Hall–Kier alpha value is -1.68. The van der Waals surface area contributed by atoms with E-state index in [4.69, 9.17) is 4.52 Å². The summed E-state index contributed by atoms with van der Waals surface area (Å²) in [5.41, 5.74) is 1.01. The lowest BCUT2D eigenvalue weighted by molar-refractivity contribution is 0.324. The maximum Gasteiger partial charge on any atom is 0.244 e. The Balaban J connectivity index is 1.54. The second kappa shape index (κ2) is 5.02. The summed E-state index contributed by atoms with van der Waals surface area (Å²) in [5.74, 6) is 2.23. The smallest absolute Gasteiger partial charge is 0.244 e. The van der Waals surface area contributed by atoms with Gasteiger partial charge in [0.05, 0.1) is 6.04 Å². The van der Waals surface area contributed by atoms with Gasteiger partial charge in [-0.2, -0.15) is 4.98 Å². The van der Waals surface area contributed by atoms with Crippen molar-refractivity contribution in [2.75, 3.05) is 0 Å². The summed E-state index contributed by atoms with van der Waals surface area (Å²) in [6.07, 6.45) is 6.49. The van der Waals surface area contributed by atoms with Gasteiger partial charge in [0.15, 0.2) is 0 Å². The molecule has 1 aliphatic carbocycles. The van der Waals surface area contributed by atoms with Gasteiger partial charge in [-0.1, -0.05) is 48.3 Å². The monoisotopic (exact) mass is 269 g/mol. The fourth-order valence-electron chi connectivity index (χ4n) is 3.59. The molecule has 1 saturated heterocycles. The first-order valence-electron chi connectivity index (χ1n) is 7.55. The maximum absolute atomic E-state index is 5.49. The van der Waals surface area contributed by atoms with Crippen LogP contribution in [0.5, 0.6) is 0 Å². The summed E-state index contributed by atoms with van der Waals surface area (Å²) in [5, 5.41) is 7.80. The zero-order valence-electron chi connectivity index (χ0n) is 11.5. The second-order valence-electron chi connectivity index (χ2n) is 5.93. The van der Waals surface area contributed by atoms with Crippen molar-refractivity contribution >= 4 is 0 Å². The van der Waals surface area contributed by atoms with E-state index in [1.807, 2.05) is 30.3 Å². The third-order valence-corrected chi connectivity index (χ3v) is 4.63. The molecule has 0 radical (unpaired) electrons. The Morgan fingerprint density at radius 2 is 1.95 bits per heavy atom. The third kappa shape index (κ3) is 2.14. The predicted molar refractivity (Wildman–Crippen MR) is 76.0 cm³/mol. The summed E-state index contributed by atoms with van der Waals surface area (Å²) in [6.45, 7) is 0. The highest BCUT2D eigenvalue weighted by atomic mass is 16.5. The molecular formula is C16H19N3O. The maximum atomic E-state index is 5.49. The molecule has 1 saturated carbocycles. The van der Waals surface area contributed by atoms with E-state index in [2.05, 4.69) is 15.5 Å². The van der Waals surface area contributed by atoms with Gasteiger partial charge in [0.25, 0.3) is 0 Å². The van der Waals surface area contributed by atoms with Crippen LogP contribution in [-0.2, 0) is 0 Å². The number of benzene rings is 1. The zero-order valence-corrected chi connectivity index (χ0v) is 11.5. The first-order chi connectivity index (χ1) is 9.90. The number of rotatable bonds is 2. The van der Waals surface area contributed by atoms with Crippen molar-refractivity contribution < 1.29 is 4.52 Å². The summed E-state index contributed by atoms with van der Waals surface area (Å²) in [7, 11) is 0. The zero-order chi connectivity index (χ0) is 13.4. The quantitative estimate of drug-likeness (QED) is 0.908. The molecule has 2 heterocycles. The number of fused-ring (bicyclic) bond motifs is 1. The molecule has 0 amide bonds. The predicted octanol–water partition coefficient (Wildman–Crippen LogP) is 3.33. The van der Waals surface area contributed by atoms with E-state index in [0.29, 0.717) is 11.9 Å². The molecule has 104 valence electrons. The summed E-state index contributed by atoms with van der Waals surface area (Å²) >= 11 is 0. The fraction of sp³-hybridized carbons (Fsp3) is 0.500. The van der Waals surface area contributed by atoms with Crippen LogP contribution in [-0.4, -0.2) is 16.2 Å². The van der Waals surface area contributed by atoms with E-state index < -0.39 is 0 Å². The first-order valence-corrected chi connectivity index (χ1v) is 7.55. The van der Waals surface area contributed by atoms with Crippen LogP contribution in [0.4, 0.5) is 0 Å². The topological polar surface area (TPSA) is 51.0 Å². The molecule has 1 aliphatic heterocycles. The van der Waals surface area contributed by atoms with E-state index in [1.54, 1.807) is 0 Å². The molecule has 1 aromatic heterocycles.